The molecule has 0 fully saturated rings. The summed E-state index contributed by atoms with van der Waals surface area (Å²) in [7, 11) is -4.67. The van der Waals surface area contributed by atoms with Gasteiger partial charge in [0.15, 0.2) is 0 Å². The standard InChI is InChI=1S/2C6H7ClN2.H2O4S/c2*7-5-3-1-2-4-6(5)9-8;1-5(2,3)4/h2*1-4,9H,8H2;(H2,1,2,3,4). The van der Waals surface area contributed by atoms with E-state index < -0.39 is 10.4 Å². The number of hydrogen-bond acceptors (Lipinski definition) is 6. The summed E-state index contributed by atoms with van der Waals surface area (Å²) in [5.74, 6) is 10.2. The molecule has 0 saturated heterocycles. The van der Waals surface area contributed by atoms with Crippen LogP contribution >= 0.6 is 23.2 Å². The van der Waals surface area contributed by atoms with Gasteiger partial charge in [0.05, 0.1) is 21.4 Å². The van der Waals surface area contributed by atoms with Crippen LogP contribution in [0.1, 0.15) is 0 Å². The Balaban J connectivity index is 0.000000332. The van der Waals surface area contributed by atoms with E-state index in [9.17, 15) is 0 Å². The van der Waals surface area contributed by atoms with E-state index in [-0.39, 0.29) is 0 Å². The Hall–Kier alpha value is -1.59. The van der Waals surface area contributed by atoms with E-state index in [1.807, 2.05) is 36.4 Å². The van der Waals surface area contributed by atoms with Crippen LogP contribution in [-0.4, -0.2) is 17.5 Å². The maximum atomic E-state index is 8.74. The third kappa shape index (κ3) is 11.6. The Bertz CT molecular complexity index is 647. The summed E-state index contributed by atoms with van der Waals surface area (Å²) < 4.78 is 31.6. The fourth-order valence-corrected chi connectivity index (χ4v) is 1.54. The fraction of sp³-hybridized carbons (Fsp3) is 0. The average Bonchev–Trinajstić information content (AvgIpc) is 2.47. The summed E-state index contributed by atoms with van der Waals surface area (Å²) in [6.45, 7) is 0. The summed E-state index contributed by atoms with van der Waals surface area (Å²) >= 11 is 11.4. The molecule has 11 heteroatoms. The molecule has 128 valence electrons. The Labute approximate surface area is 143 Å². The summed E-state index contributed by atoms with van der Waals surface area (Å²) in [5.41, 5.74) is 6.43. The molecule has 0 amide bonds. The van der Waals surface area contributed by atoms with Crippen molar-refractivity contribution in [2.75, 3.05) is 10.9 Å². The van der Waals surface area contributed by atoms with Gasteiger partial charge < -0.3 is 10.9 Å². The molecule has 0 heterocycles. The number of benzene rings is 2. The zero-order valence-corrected chi connectivity index (χ0v) is 14.0. The van der Waals surface area contributed by atoms with Gasteiger partial charge in [-0.2, -0.15) is 8.42 Å². The summed E-state index contributed by atoms with van der Waals surface area (Å²) in [6.07, 6.45) is 0. The smallest absolute Gasteiger partial charge is 0.323 e. The predicted octanol–water partition coefficient (Wildman–Crippen LogP) is 2.60. The van der Waals surface area contributed by atoms with E-state index in [0.717, 1.165) is 11.4 Å². The molecule has 0 saturated carbocycles. The monoisotopic (exact) mass is 382 g/mol. The molecule has 0 bridgehead atoms. The van der Waals surface area contributed by atoms with Gasteiger partial charge in [0, 0.05) is 0 Å². The minimum absolute atomic E-state index is 0.639. The van der Waals surface area contributed by atoms with E-state index in [1.54, 1.807) is 12.1 Å². The lowest BCUT2D eigenvalue weighted by molar-refractivity contribution is 0.381. The van der Waals surface area contributed by atoms with Crippen LogP contribution in [0, 0.1) is 0 Å². The molecule has 8 N–H and O–H groups in total. The van der Waals surface area contributed by atoms with Gasteiger partial charge in [0.2, 0.25) is 0 Å². The minimum Gasteiger partial charge on any atom is -0.323 e. The number of hydrazine groups is 2. The third-order valence-corrected chi connectivity index (χ3v) is 2.72. The summed E-state index contributed by atoms with van der Waals surface area (Å²) in [6, 6.07) is 14.6. The van der Waals surface area contributed by atoms with Crippen LogP contribution in [0.5, 0.6) is 0 Å². The molecular weight excluding hydrogens is 367 g/mol. The molecule has 2 aromatic rings. The first-order valence-electron chi connectivity index (χ1n) is 5.81. The first kappa shape index (κ1) is 21.4. The topological polar surface area (TPSA) is 151 Å². The molecular formula is C12H16Cl2N4O4S. The zero-order valence-electron chi connectivity index (χ0n) is 11.6. The molecule has 0 aromatic heterocycles. The van der Waals surface area contributed by atoms with Crippen LogP contribution in [0.15, 0.2) is 48.5 Å². The predicted molar refractivity (Wildman–Crippen MR) is 92.7 cm³/mol. The molecule has 0 spiro atoms. The third-order valence-electron chi connectivity index (χ3n) is 2.06. The average molecular weight is 383 g/mol. The number of rotatable bonds is 2. The second-order valence-corrected chi connectivity index (χ2v) is 5.41. The highest BCUT2D eigenvalue weighted by molar-refractivity contribution is 7.79. The van der Waals surface area contributed by atoms with Gasteiger partial charge in [0.25, 0.3) is 0 Å². The molecule has 0 radical (unpaired) electrons. The van der Waals surface area contributed by atoms with E-state index in [1.165, 1.54) is 0 Å². The van der Waals surface area contributed by atoms with Crippen molar-refractivity contribution in [2.45, 2.75) is 0 Å². The van der Waals surface area contributed by atoms with E-state index >= 15 is 0 Å². The first-order chi connectivity index (χ1) is 10.7. The molecule has 23 heavy (non-hydrogen) atoms. The maximum absolute atomic E-state index is 8.74. The number of nitrogens with one attached hydrogen (secondary N) is 2. The summed E-state index contributed by atoms with van der Waals surface area (Å²) in [5, 5.41) is 1.28. The number of hydrogen-bond donors (Lipinski definition) is 6. The lowest BCUT2D eigenvalue weighted by Crippen LogP contribution is -2.06. The van der Waals surface area contributed by atoms with Crippen LogP contribution in [0.4, 0.5) is 11.4 Å². The van der Waals surface area contributed by atoms with E-state index in [2.05, 4.69) is 10.9 Å². The van der Waals surface area contributed by atoms with Gasteiger partial charge in [0.1, 0.15) is 0 Å². The maximum Gasteiger partial charge on any atom is 0.394 e. The van der Waals surface area contributed by atoms with Crippen LogP contribution in [0.2, 0.25) is 10.0 Å². The largest absolute Gasteiger partial charge is 0.394 e. The quantitative estimate of drug-likeness (QED) is 0.263. The van der Waals surface area contributed by atoms with E-state index in [0.29, 0.717) is 10.0 Å². The van der Waals surface area contributed by atoms with Gasteiger partial charge in [-0.3, -0.25) is 20.8 Å². The molecule has 8 nitrogen and oxygen atoms in total. The molecule has 0 aliphatic carbocycles. The van der Waals surface area contributed by atoms with Crippen LogP contribution in [0.25, 0.3) is 0 Å². The fourth-order valence-electron chi connectivity index (χ4n) is 1.16. The van der Waals surface area contributed by atoms with Crippen molar-refractivity contribution in [1.29, 1.82) is 0 Å². The summed E-state index contributed by atoms with van der Waals surface area (Å²) in [4.78, 5) is 0. The lowest BCUT2D eigenvalue weighted by atomic mass is 10.3. The van der Waals surface area contributed by atoms with Gasteiger partial charge in [-0.25, -0.2) is 0 Å². The van der Waals surface area contributed by atoms with E-state index in [4.69, 9.17) is 52.4 Å². The highest BCUT2D eigenvalue weighted by Crippen LogP contribution is 2.19. The van der Waals surface area contributed by atoms with Crippen molar-refractivity contribution in [3.8, 4) is 0 Å². The Morgan fingerprint density at radius 3 is 1.22 bits per heavy atom. The number of halogens is 2. The Morgan fingerprint density at radius 2 is 1.04 bits per heavy atom. The lowest BCUT2D eigenvalue weighted by Gasteiger charge is -1.99. The van der Waals surface area contributed by atoms with Crippen molar-refractivity contribution < 1.29 is 17.5 Å². The molecule has 0 aliphatic rings. The van der Waals surface area contributed by atoms with Gasteiger partial charge >= 0.3 is 10.4 Å². The van der Waals surface area contributed by atoms with Crippen molar-refractivity contribution >= 4 is 45.0 Å². The number of nitrogens with two attached hydrogens (primary N) is 2. The molecule has 2 aromatic carbocycles. The second kappa shape index (κ2) is 11.0. The Morgan fingerprint density at radius 1 is 0.783 bits per heavy atom. The zero-order chi connectivity index (χ0) is 17.9. The van der Waals surface area contributed by atoms with Gasteiger partial charge in [-0.15, -0.1) is 0 Å². The van der Waals surface area contributed by atoms with Gasteiger partial charge in [-0.1, -0.05) is 47.5 Å². The minimum atomic E-state index is -4.67. The number of anilines is 2. The number of nitrogen functional groups attached to an aromatic ring is 2. The SMILES string of the molecule is NNc1ccccc1Cl.NNc1ccccc1Cl.O=S(=O)(O)O. The van der Waals surface area contributed by atoms with Crippen molar-refractivity contribution in [3.63, 3.8) is 0 Å². The highest BCUT2D eigenvalue weighted by atomic mass is 35.5. The van der Waals surface area contributed by atoms with Crippen molar-refractivity contribution in [3.05, 3.63) is 58.6 Å². The Kier molecular flexibility index (Phi) is 10.3. The molecule has 0 unspecified atom stereocenters. The van der Waals surface area contributed by atoms with Crippen molar-refractivity contribution in [2.24, 2.45) is 11.7 Å². The first-order valence-corrected chi connectivity index (χ1v) is 7.96. The van der Waals surface area contributed by atoms with Crippen LogP contribution in [0.3, 0.4) is 0 Å². The van der Waals surface area contributed by atoms with Crippen LogP contribution in [-0.2, 0) is 10.4 Å². The molecule has 0 aliphatic heterocycles. The molecule has 0 atom stereocenters. The molecule has 2 rings (SSSR count). The number of para-hydroxylation sites is 2. The van der Waals surface area contributed by atoms with Crippen LogP contribution < -0.4 is 22.5 Å². The van der Waals surface area contributed by atoms with Crippen molar-refractivity contribution in [1.82, 2.24) is 0 Å². The normalized spacial score (nSPS) is 9.65. The van der Waals surface area contributed by atoms with Gasteiger partial charge in [-0.05, 0) is 24.3 Å². The second-order valence-electron chi connectivity index (χ2n) is 3.70. The highest BCUT2D eigenvalue weighted by Gasteiger charge is 1.92.